The topological polar surface area (TPSA) is 41.1 Å². The molecule has 0 spiro atoms. The number of anilines is 1. The number of benzene rings is 3. The van der Waals surface area contributed by atoms with Crippen molar-refractivity contribution in [2.75, 3.05) is 18.4 Å². The Balaban J connectivity index is 1.63. The van der Waals surface area contributed by atoms with E-state index in [1.165, 1.54) is 11.1 Å². The van der Waals surface area contributed by atoms with Crippen LogP contribution in [-0.2, 0) is 4.79 Å². The van der Waals surface area contributed by atoms with Gasteiger partial charge in [-0.2, -0.15) is 0 Å². The van der Waals surface area contributed by atoms with Crippen molar-refractivity contribution in [3.63, 3.8) is 0 Å². The molecule has 0 fully saturated rings. The molecule has 3 aromatic carbocycles. The van der Waals surface area contributed by atoms with Crippen LogP contribution in [0.5, 0.6) is 0 Å². The largest absolute Gasteiger partial charge is 0.376 e. The van der Waals surface area contributed by atoms with Gasteiger partial charge in [0.05, 0.1) is 6.54 Å². The number of nitrogens with one attached hydrogen (secondary N) is 2. The third-order valence-electron chi connectivity index (χ3n) is 4.97. The summed E-state index contributed by atoms with van der Waals surface area (Å²) in [6.45, 7) is 3.02. The lowest BCUT2D eigenvalue weighted by Crippen LogP contribution is -2.34. The first kappa shape index (κ1) is 20.0. The fraction of sp³-hybridized carbons (Fsp3) is 0.208. The number of halogens is 1. The minimum Gasteiger partial charge on any atom is -0.376 e. The van der Waals surface area contributed by atoms with E-state index in [9.17, 15) is 4.79 Å². The predicted molar refractivity (Wildman–Crippen MR) is 117 cm³/mol. The molecule has 144 valence electrons. The fourth-order valence-electron chi connectivity index (χ4n) is 3.31. The highest BCUT2D eigenvalue weighted by atomic mass is 35.5. The molecule has 0 saturated carbocycles. The van der Waals surface area contributed by atoms with Gasteiger partial charge in [0.1, 0.15) is 0 Å². The van der Waals surface area contributed by atoms with Crippen LogP contribution in [0.3, 0.4) is 0 Å². The van der Waals surface area contributed by atoms with E-state index in [0.29, 0.717) is 11.6 Å². The molecule has 0 aliphatic heterocycles. The highest BCUT2D eigenvalue weighted by Gasteiger charge is 2.21. The number of rotatable bonds is 8. The number of hydrogen-bond acceptors (Lipinski definition) is 2. The maximum absolute atomic E-state index is 12.4. The maximum Gasteiger partial charge on any atom is 0.239 e. The first-order chi connectivity index (χ1) is 13.6. The second-order valence-electron chi connectivity index (χ2n) is 6.88. The van der Waals surface area contributed by atoms with Gasteiger partial charge < -0.3 is 10.6 Å². The summed E-state index contributed by atoms with van der Waals surface area (Å²) in [5, 5.41) is 6.89. The second kappa shape index (κ2) is 9.95. The summed E-state index contributed by atoms with van der Waals surface area (Å²) in [6, 6.07) is 28.1. The second-order valence-corrected chi connectivity index (χ2v) is 7.32. The summed E-state index contributed by atoms with van der Waals surface area (Å²) >= 11 is 5.89. The molecule has 2 N–H and O–H groups in total. The van der Waals surface area contributed by atoms with Gasteiger partial charge in [-0.3, -0.25) is 4.79 Å². The van der Waals surface area contributed by atoms with Gasteiger partial charge in [-0.05, 0) is 41.3 Å². The normalized spacial score (nSPS) is 12.8. The molecule has 0 heterocycles. The van der Waals surface area contributed by atoms with Crippen molar-refractivity contribution in [2.45, 2.75) is 18.8 Å². The zero-order valence-corrected chi connectivity index (χ0v) is 16.7. The Morgan fingerprint density at radius 3 is 2.04 bits per heavy atom. The molecule has 0 aliphatic rings. The van der Waals surface area contributed by atoms with E-state index in [0.717, 1.165) is 5.69 Å². The fourth-order valence-corrected chi connectivity index (χ4v) is 3.43. The van der Waals surface area contributed by atoms with Crippen molar-refractivity contribution >= 4 is 23.2 Å². The van der Waals surface area contributed by atoms with Crippen molar-refractivity contribution in [3.05, 3.63) is 101 Å². The van der Waals surface area contributed by atoms with Crippen molar-refractivity contribution < 1.29 is 4.79 Å². The molecule has 28 heavy (non-hydrogen) atoms. The van der Waals surface area contributed by atoms with Crippen LogP contribution in [0.1, 0.15) is 29.9 Å². The van der Waals surface area contributed by atoms with E-state index in [2.05, 4.69) is 54.0 Å². The van der Waals surface area contributed by atoms with Gasteiger partial charge in [0, 0.05) is 23.2 Å². The summed E-state index contributed by atoms with van der Waals surface area (Å²) in [4.78, 5) is 12.4. The number of amides is 1. The summed E-state index contributed by atoms with van der Waals surface area (Å²) in [5.74, 6) is 0.451. The van der Waals surface area contributed by atoms with Gasteiger partial charge in [0.15, 0.2) is 0 Å². The zero-order valence-electron chi connectivity index (χ0n) is 15.9. The highest BCUT2D eigenvalue weighted by Crippen LogP contribution is 2.32. The summed E-state index contributed by atoms with van der Waals surface area (Å²) in [5.41, 5.74) is 3.37. The quantitative estimate of drug-likeness (QED) is 0.534. The molecule has 4 heteroatoms. The van der Waals surface area contributed by atoms with E-state index in [4.69, 9.17) is 11.6 Å². The zero-order chi connectivity index (χ0) is 19.8. The Labute approximate surface area is 171 Å². The molecule has 3 nitrogen and oxygen atoms in total. The third-order valence-corrected chi connectivity index (χ3v) is 5.23. The molecule has 2 unspecified atom stereocenters. The van der Waals surface area contributed by atoms with Crippen LogP contribution in [-0.4, -0.2) is 19.0 Å². The lowest BCUT2D eigenvalue weighted by molar-refractivity contribution is -0.119. The average molecular weight is 393 g/mol. The Morgan fingerprint density at radius 1 is 0.857 bits per heavy atom. The summed E-state index contributed by atoms with van der Waals surface area (Å²) in [6.07, 6.45) is 0. The molecule has 0 saturated heterocycles. The molecule has 3 aromatic rings. The molecule has 3 rings (SSSR count). The van der Waals surface area contributed by atoms with E-state index >= 15 is 0 Å². The van der Waals surface area contributed by atoms with E-state index in [1.54, 1.807) is 12.1 Å². The van der Waals surface area contributed by atoms with Gasteiger partial charge in [-0.1, -0.05) is 79.2 Å². The van der Waals surface area contributed by atoms with E-state index in [-0.39, 0.29) is 24.3 Å². The van der Waals surface area contributed by atoms with Crippen LogP contribution in [0, 0.1) is 0 Å². The minimum atomic E-state index is -0.0313. The van der Waals surface area contributed by atoms with Gasteiger partial charge in [-0.25, -0.2) is 0 Å². The molecule has 0 aromatic heterocycles. The van der Waals surface area contributed by atoms with Crippen LogP contribution in [0.25, 0.3) is 0 Å². The first-order valence-electron chi connectivity index (χ1n) is 9.49. The standard InChI is InChI=1S/C24H25ClN2O/c1-18(19-8-4-2-5-9-19)23(20-10-6-3-7-11-20)16-27-24(28)17-26-22-14-12-21(25)13-15-22/h2-15,18,23,26H,16-17H2,1H3,(H,27,28). The van der Waals surface area contributed by atoms with Crippen LogP contribution in [0.15, 0.2) is 84.9 Å². The van der Waals surface area contributed by atoms with Crippen molar-refractivity contribution in [1.29, 1.82) is 0 Å². The van der Waals surface area contributed by atoms with Crippen molar-refractivity contribution in [1.82, 2.24) is 5.32 Å². The molecule has 2 atom stereocenters. The van der Waals surface area contributed by atoms with E-state index < -0.39 is 0 Å². The smallest absolute Gasteiger partial charge is 0.239 e. The number of carbonyl (C=O) groups is 1. The maximum atomic E-state index is 12.4. The first-order valence-corrected chi connectivity index (χ1v) is 9.87. The SMILES string of the molecule is CC(c1ccccc1)C(CNC(=O)CNc1ccc(Cl)cc1)c1ccccc1. The molecular weight excluding hydrogens is 368 g/mol. The molecule has 0 radical (unpaired) electrons. The predicted octanol–water partition coefficient (Wildman–Crippen LogP) is 5.46. The average Bonchev–Trinajstić information content (AvgIpc) is 2.74. The van der Waals surface area contributed by atoms with Crippen LogP contribution >= 0.6 is 11.6 Å². The van der Waals surface area contributed by atoms with Crippen LogP contribution in [0.2, 0.25) is 5.02 Å². The Kier molecular flexibility index (Phi) is 7.10. The Hall–Kier alpha value is -2.78. The van der Waals surface area contributed by atoms with Crippen molar-refractivity contribution in [2.24, 2.45) is 0 Å². The van der Waals surface area contributed by atoms with Gasteiger partial charge in [0.25, 0.3) is 0 Å². The Morgan fingerprint density at radius 2 is 1.43 bits per heavy atom. The van der Waals surface area contributed by atoms with E-state index in [1.807, 2.05) is 36.4 Å². The molecular formula is C24H25ClN2O. The van der Waals surface area contributed by atoms with Gasteiger partial charge in [-0.15, -0.1) is 0 Å². The minimum absolute atomic E-state index is 0.0313. The lowest BCUT2D eigenvalue weighted by Gasteiger charge is -2.25. The molecule has 1 amide bonds. The van der Waals surface area contributed by atoms with Crippen LogP contribution in [0.4, 0.5) is 5.69 Å². The highest BCUT2D eigenvalue weighted by molar-refractivity contribution is 6.30. The molecule has 0 bridgehead atoms. The monoisotopic (exact) mass is 392 g/mol. The summed E-state index contributed by atoms with van der Waals surface area (Å²) in [7, 11) is 0. The number of carbonyl (C=O) groups excluding carboxylic acids is 1. The van der Waals surface area contributed by atoms with Crippen LogP contribution < -0.4 is 10.6 Å². The molecule has 0 aliphatic carbocycles. The number of hydrogen-bond donors (Lipinski definition) is 2. The van der Waals surface area contributed by atoms with Crippen molar-refractivity contribution in [3.8, 4) is 0 Å². The Bertz CT molecular complexity index is 866. The van der Waals surface area contributed by atoms with Gasteiger partial charge >= 0.3 is 0 Å². The van der Waals surface area contributed by atoms with Gasteiger partial charge in [0.2, 0.25) is 5.91 Å². The summed E-state index contributed by atoms with van der Waals surface area (Å²) < 4.78 is 0. The lowest BCUT2D eigenvalue weighted by atomic mass is 9.82. The third kappa shape index (κ3) is 5.61.